The van der Waals surface area contributed by atoms with Crippen molar-refractivity contribution in [3.63, 3.8) is 0 Å². The average molecular weight is 409 g/mol. The number of anilines is 4. The predicted molar refractivity (Wildman–Crippen MR) is 114 cm³/mol. The lowest BCUT2D eigenvalue weighted by Gasteiger charge is -2.35. The van der Waals surface area contributed by atoms with Gasteiger partial charge in [0.15, 0.2) is 0 Å². The number of piperazine rings is 1. The second kappa shape index (κ2) is 8.91. The second-order valence-corrected chi connectivity index (χ2v) is 7.00. The van der Waals surface area contributed by atoms with Gasteiger partial charge in [0, 0.05) is 31.9 Å². The van der Waals surface area contributed by atoms with E-state index in [-0.39, 0.29) is 11.8 Å². The molecule has 0 spiro atoms. The Kier molecular flexibility index (Phi) is 5.89. The number of nitrogen functional groups attached to an aromatic ring is 1. The van der Waals surface area contributed by atoms with E-state index in [0.717, 1.165) is 37.6 Å². The molecule has 0 radical (unpaired) electrons. The monoisotopic (exact) mass is 409 g/mol. The Hall–Kier alpha value is -3.46. The molecule has 2 heterocycles. The third kappa shape index (κ3) is 4.74. The smallest absolute Gasteiger partial charge is 0.232 e. The van der Waals surface area contributed by atoms with E-state index >= 15 is 0 Å². The third-order valence-electron chi connectivity index (χ3n) is 4.98. The predicted octanol–water partition coefficient (Wildman–Crippen LogP) is 2.67. The fraction of sp³-hybridized carbons (Fsp3) is 0.286. The standard InChI is InChI=1S/C21H24FN7O/c1-30-18-5-3-2-4-17(18)24-21-26-19(25-20(23)27-21)14-28-10-12-29(13-11-28)16-8-6-15(22)7-9-16/h2-9H,10-14H2,1H3,(H3,23,24,25,26,27). The number of ether oxygens (including phenoxy) is 1. The van der Waals surface area contributed by atoms with Crippen molar-refractivity contribution in [2.75, 3.05) is 49.2 Å². The van der Waals surface area contributed by atoms with Crippen LogP contribution in [-0.2, 0) is 6.54 Å². The topological polar surface area (TPSA) is 92.4 Å². The maximum atomic E-state index is 13.1. The van der Waals surface area contributed by atoms with Crippen LogP contribution in [0.15, 0.2) is 48.5 Å². The molecule has 30 heavy (non-hydrogen) atoms. The highest BCUT2D eigenvalue weighted by molar-refractivity contribution is 5.62. The van der Waals surface area contributed by atoms with Gasteiger partial charge in [-0.05, 0) is 36.4 Å². The Labute approximate surface area is 174 Å². The van der Waals surface area contributed by atoms with Gasteiger partial charge in [-0.2, -0.15) is 15.0 Å². The van der Waals surface area contributed by atoms with Crippen LogP contribution in [0.5, 0.6) is 5.75 Å². The van der Waals surface area contributed by atoms with E-state index in [9.17, 15) is 4.39 Å². The Balaban J connectivity index is 1.40. The minimum atomic E-state index is -0.220. The van der Waals surface area contributed by atoms with Crippen LogP contribution >= 0.6 is 0 Å². The van der Waals surface area contributed by atoms with Gasteiger partial charge in [-0.1, -0.05) is 12.1 Å². The first-order valence-corrected chi connectivity index (χ1v) is 9.74. The zero-order chi connectivity index (χ0) is 20.9. The lowest BCUT2D eigenvalue weighted by molar-refractivity contribution is 0.244. The molecule has 9 heteroatoms. The van der Waals surface area contributed by atoms with Gasteiger partial charge in [0.25, 0.3) is 0 Å². The van der Waals surface area contributed by atoms with Crippen molar-refractivity contribution < 1.29 is 9.13 Å². The van der Waals surface area contributed by atoms with Gasteiger partial charge >= 0.3 is 0 Å². The van der Waals surface area contributed by atoms with E-state index < -0.39 is 0 Å². The van der Waals surface area contributed by atoms with Crippen molar-refractivity contribution in [2.45, 2.75) is 6.54 Å². The highest BCUT2D eigenvalue weighted by atomic mass is 19.1. The molecule has 0 bridgehead atoms. The van der Waals surface area contributed by atoms with Gasteiger partial charge in [-0.25, -0.2) is 4.39 Å². The number of nitrogens with one attached hydrogen (secondary N) is 1. The molecule has 0 saturated carbocycles. The molecule has 3 N–H and O–H groups in total. The number of nitrogens with zero attached hydrogens (tertiary/aromatic N) is 5. The molecule has 1 saturated heterocycles. The lowest BCUT2D eigenvalue weighted by Crippen LogP contribution is -2.46. The van der Waals surface area contributed by atoms with Crippen LogP contribution in [0.1, 0.15) is 5.82 Å². The third-order valence-corrected chi connectivity index (χ3v) is 4.98. The number of benzene rings is 2. The number of aromatic nitrogens is 3. The largest absolute Gasteiger partial charge is 0.495 e. The summed E-state index contributed by atoms with van der Waals surface area (Å²) in [7, 11) is 1.61. The molecule has 0 unspecified atom stereocenters. The molecule has 1 fully saturated rings. The van der Waals surface area contributed by atoms with E-state index in [1.807, 2.05) is 36.4 Å². The molecule has 1 aromatic heterocycles. The molecular formula is C21H24FN7O. The summed E-state index contributed by atoms with van der Waals surface area (Å²) in [6.07, 6.45) is 0. The zero-order valence-electron chi connectivity index (χ0n) is 16.8. The Bertz CT molecular complexity index is 991. The minimum Gasteiger partial charge on any atom is -0.495 e. The number of nitrogens with two attached hydrogens (primary N) is 1. The first-order valence-electron chi connectivity index (χ1n) is 9.74. The number of hydrogen-bond acceptors (Lipinski definition) is 8. The Morgan fingerprint density at radius 3 is 2.47 bits per heavy atom. The number of methoxy groups -OCH3 is 1. The van der Waals surface area contributed by atoms with Crippen LogP contribution in [0.2, 0.25) is 0 Å². The van der Waals surface area contributed by atoms with E-state index in [1.165, 1.54) is 12.1 Å². The Morgan fingerprint density at radius 1 is 1.00 bits per heavy atom. The molecule has 4 rings (SSSR count). The average Bonchev–Trinajstić information content (AvgIpc) is 2.75. The summed E-state index contributed by atoms with van der Waals surface area (Å²) in [5, 5.41) is 3.15. The fourth-order valence-electron chi connectivity index (χ4n) is 3.45. The lowest BCUT2D eigenvalue weighted by atomic mass is 10.2. The van der Waals surface area contributed by atoms with E-state index in [2.05, 4.69) is 30.1 Å². The summed E-state index contributed by atoms with van der Waals surface area (Å²) in [6.45, 7) is 3.96. The van der Waals surface area contributed by atoms with Gasteiger partial charge in [0.05, 0.1) is 19.3 Å². The van der Waals surface area contributed by atoms with Crippen molar-refractivity contribution in [1.82, 2.24) is 19.9 Å². The van der Waals surface area contributed by atoms with Crippen molar-refractivity contribution in [2.24, 2.45) is 0 Å². The van der Waals surface area contributed by atoms with Gasteiger partial charge in [0.1, 0.15) is 17.4 Å². The maximum absolute atomic E-state index is 13.1. The molecule has 0 atom stereocenters. The molecule has 3 aromatic rings. The van der Waals surface area contributed by atoms with Crippen LogP contribution < -0.4 is 20.7 Å². The number of para-hydroxylation sites is 2. The quantitative estimate of drug-likeness (QED) is 0.642. The van der Waals surface area contributed by atoms with Gasteiger partial charge < -0.3 is 20.7 Å². The fourth-order valence-corrected chi connectivity index (χ4v) is 3.45. The van der Waals surface area contributed by atoms with Crippen molar-refractivity contribution in [3.8, 4) is 5.75 Å². The van der Waals surface area contributed by atoms with Crippen molar-refractivity contribution in [3.05, 3.63) is 60.2 Å². The molecular weight excluding hydrogens is 385 g/mol. The SMILES string of the molecule is COc1ccccc1Nc1nc(N)nc(CN2CCN(c3ccc(F)cc3)CC2)n1. The summed E-state index contributed by atoms with van der Waals surface area (Å²) in [4.78, 5) is 17.5. The number of rotatable bonds is 6. The highest BCUT2D eigenvalue weighted by Crippen LogP contribution is 2.25. The molecule has 1 aliphatic heterocycles. The molecule has 0 aliphatic carbocycles. The van der Waals surface area contributed by atoms with Gasteiger partial charge in [-0.15, -0.1) is 0 Å². The van der Waals surface area contributed by atoms with Crippen molar-refractivity contribution >= 4 is 23.3 Å². The van der Waals surface area contributed by atoms with Gasteiger partial charge in [-0.3, -0.25) is 4.90 Å². The van der Waals surface area contributed by atoms with Crippen LogP contribution in [0, 0.1) is 5.82 Å². The minimum absolute atomic E-state index is 0.169. The first-order chi connectivity index (χ1) is 14.6. The summed E-state index contributed by atoms with van der Waals surface area (Å²) in [5.74, 6) is 1.63. The summed E-state index contributed by atoms with van der Waals surface area (Å²) < 4.78 is 18.5. The van der Waals surface area contributed by atoms with E-state index in [0.29, 0.717) is 24.1 Å². The molecule has 0 amide bonds. The molecule has 156 valence electrons. The maximum Gasteiger partial charge on any atom is 0.232 e. The van der Waals surface area contributed by atoms with Crippen LogP contribution in [-0.4, -0.2) is 53.1 Å². The van der Waals surface area contributed by atoms with Crippen LogP contribution in [0.3, 0.4) is 0 Å². The first kappa shape index (κ1) is 19.8. The van der Waals surface area contributed by atoms with E-state index in [1.54, 1.807) is 7.11 Å². The van der Waals surface area contributed by atoms with Crippen molar-refractivity contribution in [1.29, 1.82) is 0 Å². The zero-order valence-corrected chi connectivity index (χ0v) is 16.8. The summed E-state index contributed by atoms with van der Waals surface area (Å²) in [6, 6.07) is 14.1. The normalized spacial score (nSPS) is 14.5. The molecule has 2 aromatic carbocycles. The number of hydrogen-bond donors (Lipinski definition) is 2. The Morgan fingerprint density at radius 2 is 1.73 bits per heavy atom. The van der Waals surface area contributed by atoms with Gasteiger partial charge in [0.2, 0.25) is 11.9 Å². The molecule has 1 aliphatic rings. The second-order valence-electron chi connectivity index (χ2n) is 7.00. The highest BCUT2D eigenvalue weighted by Gasteiger charge is 2.19. The summed E-state index contributed by atoms with van der Waals surface area (Å²) >= 11 is 0. The molecule has 8 nitrogen and oxygen atoms in total. The van der Waals surface area contributed by atoms with Crippen LogP contribution in [0.25, 0.3) is 0 Å². The van der Waals surface area contributed by atoms with Crippen LogP contribution in [0.4, 0.5) is 27.7 Å². The number of halogens is 1. The van der Waals surface area contributed by atoms with E-state index in [4.69, 9.17) is 10.5 Å². The summed E-state index contributed by atoms with van der Waals surface area (Å²) in [5.41, 5.74) is 7.69.